The Morgan fingerprint density at radius 1 is 1.00 bits per heavy atom. The van der Waals surface area contributed by atoms with Crippen LogP contribution in [0.1, 0.15) is 51.4 Å². The maximum Gasteiger partial charge on any atom is 0.102 e. The number of hydrogen-bond acceptors (Lipinski definition) is 1. The average Bonchev–Trinajstić information content (AvgIpc) is 2.67. The summed E-state index contributed by atoms with van der Waals surface area (Å²) in [5, 5.41) is 0. The molecule has 0 bridgehead atoms. The highest BCUT2D eigenvalue weighted by molar-refractivity contribution is 5.13. The van der Waals surface area contributed by atoms with E-state index in [2.05, 4.69) is 6.08 Å². The molecule has 0 N–H and O–H groups in total. The Balaban J connectivity index is 1.77. The summed E-state index contributed by atoms with van der Waals surface area (Å²) in [6.45, 7) is 0. The van der Waals surface area contributed by atoms with Gasteiger partial charge in [-0.3, -0.25) is 0 Å². The van der Waals surface area contributed by atoms with E-state index in [1.165, 1.54) is 57.1 Å². The fourth-order valence-corrected chi connectivity index (χ4v) is 3.52. The van der Waals surface area contributed by atoms with Gasteiger partial charge >= 0.3 is 0 Å². The van der Waals surface area contributed by atoms with Crippen molar-refractivity contribution in [3.8, 4) is 0 Å². The Kier molecular flexibility index (Phi) is 2.27. The van der Waals surface area contributed by atoms with Crippen molar-refractivity contribution in [3.05, 3.63) is 11.8 Å². The standard InChI is InChI=1S/C13H20O/c1-2-4-8-12-10(6-3-1)11-7-5-9-13(11)14-12/h9-12H,1-8H2. The normalized spacial score (nSPS) is 41.7. The molecule has 1 aliphatic heterocycles. The van der Waals surface area contributed by atoms with Gasteiger partial charge in [0.25, 0.3) is 0 Å². The molecule has 3 atom stereocenters. The number of fused-ring (bicyclic) bond motifs is 3. The lowest BCUT2D eigenvalue weighted by molar-refractivity contribution is 0.106. The minimum Gasteiger partial charge on any atom is -0.494 e. The summed E-state index contributed by atoms with van der Waals surface area (Å²) >= 11 is 0. The Hall–Kier alpha value is -0.460. The van der Waals surface area contributed by atoms with Gasteiger partial charge in [-0.25, -0.2) is 0 Å². The van der Waals surface area contributed by atoms with E-state index in [-0.39, 0.29) is 0 Å². The number of ether oxygens (including phenoxy) is 1. The van der Waals surface area contributed by atoms with Crippen LogP contribution >= 0.6 is 0 Å². The molecule has 3 unspecified atom stereocenters. The van der Waals surface area contributed by atoms with Gasteiger partial charge in [0.1, 0.15) is 6.10 Å². The molecule has 0 amide bonds. The summed E-state index contributed by atoms with van der Waals surface area (Å²) in [4.78, 5) is 0. The predicted octanol–water partition coefficient (Wildman–Crippen LogP) is 3.65. The van der Waals surface area contributed by atoms with Crippen LogP contribution in [0.4, 0.5) is 0 Å². The molecular weight excluding hydrogens is 172 g/mol. The predicted molar refractivity (Wildman–Crippen MR) is 56.9 cm³/mol. The van der Waals surface area contributed by atoms with E-state index in [0.717, 1.165) is 11.8 Å². The molecule has 0 aromatic carbocycles. The van der Waals surface area contributed by atoms with Gasteiger partial charge in [0.05, 0.1) is 5.76 Å². The highest BCUT2D eigenvalue weighted by atomic mass is 16.5. The molecule has 14 heavy (non-hydrogen) atoms. The van der Waals surface area contributed by atoms with Crippen LogP contribution in [0.5, 0.6) is 0 Å². The first-order chi connectivity index (χ1) is 6.95. The summed E-state index contributed by atoms with van der Waals surface area (Å²) < 4.78 is 6.09. The Morgan fingerprint density at radius 2 is 1.86 bits per heavy atom. The van der Waals surface area contributed by atoms with Crippen LogP contribution in [0.2, 0.25) is 0 Å². The summed E-state index contributed by atoms with van der Waals surface area (Å²) in [6.07, 6.45) is 14.0. The van der Waals surface area contributed by atoms with E-state index in [9.17, 15) is 0 Å². The molecule has 2 aliphatic carbocycles. The molecule has 1 saturated heterocycles. The zero-order valence-corrected chi connectivity index (χ0v) is 8.87. The van der Waals surface area contributed by atoms with Gasteiger partial charge in [0.15, 0.2) is 0 Å². The van der Waals surface area contributed by atoms with Crippen LogP contribution in [0.15, 0.2) is 11.8 Å². The van der Waals surface area contributed by atoms with Crippen LogP contribution in [0.25, 0.3) is 0 Å². The number of rotatable bonds is 0. The highest BCUT2D eigenvalue weighted by Gasteiger charge is 2.42. The van der Waals surface area contributed by atoms with Crippen LogP contribution < -0.4 is 0 Å². The van der Waals surface area contributed by atoms with Gasteiger partial charge in [-0.15, -0.1) is 0 Å². The van der Waals surface area contributed by atoms with Crippen LogP contribution in [0.3, 0.4) is 0 Å². The van der Waals surface area contributed by atoms with Crippen molar-refractivity contribution in [3.63, 3.8) is 0 Å². The summed E-state index contributed by atoms with van der Waals surface area (Å²) in [5.41, 5.74) is 0. The van der Waals surface area contributed by atoms with E-state index < -0.39 is 0 Å². The van der Waals surface area contributed by atoms with Gasteiger partial charge in [-0.05, 0) is 38.2 Å². The lowest BCUT2D eigenvalue weighted by Gasteiger charge is -2.23. The van der Waals surface area contributed by atoms with Crippen molar-refractivity contribution in [2.45, 2.75) is 57.5 Å². The lowest BCUT2D eigenvalue weighted by atomic mass is 9.81. The highest BCUT2D eigenvalue weighted by Crippen LogP contribution is 2.47. The molecule has 0 aromatic heterocycles. The molecule has 1 saturated carbocycles. The molecule has 0 spiro atoms. The van der Waals surface area contributed by atoms with Crippen molar-refractivity contribution in [2.24, 2.45) is 11.8 Å². The SMILES string of the molecule is C1=C2OC3CCCCCCC3C2CC1. The lowest BCUT2D eigenvalue weighted by Crippen LogP contribution is -2.21. The first-order valence-corrected chi connectivity index (χ1v) is 6.32. The van der Waals surface area contributed by atoms with Crippen molar-refractivity contribution in [1.82, 2.24) is 0 Å². The Morgan fingerprint density at radius 3 is 2.79 bits per heavy atom. The van der Waals surface area contributed by atoms with E-state index in [0.29, 0.717) is 6.10 Å². The molecule has 78 valence electrons. The molecule has 0 radical (unpaired) electrons. The first kappa shape index (κ1) is 8.82. The van der Waals surface area contributed by atoms with E-state index in [1.807, 2.05) is 0 Å². The third kappa shape index (κ3) is 1.37. The molecular formula is C13H20O. The summed E-state index contributed by atoms with van der Waals surface area (Å²) in [7, 11) is 0. The maximum atomic E-state index is 6.09. The minimum atomic E-state index is 0.590. The monoisotopic (exact) mass is 192 g/mol. The second kappa shape index (κ2) is 3.60. The van der Waals surface area contributed by atoms with Crippen LogP contribution in [-0.4, -0.2) is 6.10 Å². The average molecular weight is 192 g/mol. The zero-order chi connectivity index (χ0) is 9.38. The Bertz CT molecular complexity index is 244. The fraction of sp³-hybridized carbons (Fsp3) is 0.846. The molecule has 1 heteroatoms. The zero-order valence-electron chi connectivity index (χ0n) is 8.87. The molecule has 3 aliphatic rings. The molecule has 3 rings (SSSR count). The van der Waals surface area contributed by atoms with E-state index in [1.54, 1.807) is 0 Å². The van der Waals surface area contributed by atoms with Gasteiger partial charge in [-0.1, -0.05) is 19.3 Å². The third-order valence-electron chi connectivity index (χ3n) is 4.25. The second-order valence-corrected chi connectivity index (χ2v) is 5.10. The van der Waals surface area contributed by atoms with Crippen molar-refractivity contribution >= 4 is 0 Å². The molecule has 2 fully saturated rings. The minimum absolute atomic E-state index is 0.590. The van der Waals surface area contributed by atoms with E-state index >= 15 is 0 Å². The van der Waals surface area contributed by atoms with Crippen LogP contribution in [-0.2, 0) is 4.74 Å². The quantitative estimate of drug-likeness (QED) is 0.569. The summed E-state index contributed by atoms with van der Waals surface area (Å²) in [6, 6.07) is 0. The van der Waals surface area contributed by atoms with Crippen molar-refractivity contribution in [1.29, 1.82) is 0 Å². The van der Waals surface area contributed by atoms with Gasteiger partial charge in [0.2, 0.25) is 0 Å². The maximum absolute atomic E-state index is 6.09. The topological polar surface area (TPSA) is 9.23 Å². The van der Waals surface area contributed by atoms with Crippen molar-refractivity contribution in [2.75, 3.05) is 0 Å². The number of hydrogen-bond donors (Lipinski definition) is 0. The number of allylic oxidation sites excluding steroid dienone is 2. The van der Waals surface area contributed by atoms with E-state index in [4.69, 9.17) is 4.74 Å². The van der Waals surface area contributed by atoms with Crippen molar-refractivity contribution < 1.29 is 4.74 Å². The second-order valence-electron chi connectivity index (χ2n) is 5.10. The largest absolute Gasteiger partial charge is 0.494 e. The fourth-order valence-electron chi connectivity index (χ4n) is 3.52. The van der Waals surface area contributed by atoms with Gasteiger partial charge < -0.3 is 4.74 Å². The molecule has 0 aromatic rings. The van der Waals surface area contributed by atoms with Crippen LogP contribution in [0, 0.1) is 11.8 Å². The third-order valence-corrected chi connectivity index (χ3v) is 4.25. The smallest absolute Gasteiger partial charge is 0.102 e. The summed E-state index contributed by atoms with van der Waals surface area (Å²) in [5.74, 6) is 3.06. The molecule has 1 nitrogen and oxygen atoms in total. The Labute approximate surface area is 86.5 Å². The van der Waals surface area contributed by atoms with Gasteiger partial charge in [0, 0.05) is 11.8 Å². The molecule has 1 heterocycles. The van der Waals surface area contributed by atoms with Gasteiger partial charge in [-0.2, -0.15) is 0 Å². The first-order valence-electron chi connectivity index (χ1n) is 6.32.